The molecule has 2 rings (SSSR count). The highest BCUT2D eigenvalue weighted by Crippen LogP contribution is 2.31. The Labute approximate surface area is 87.8 Å². The van der Waals surface area contributed by atoms with Crippen LogP contribution >= 0.6 is 11.3 Å². The van der Waals surface area contributed by atoms with Gasteiger partial charge in [-0.1, -0.05) is 19.8 Å². The molecule has 0 spiro atoms. The first-order chi connectivity index (χ1) is 6.74. The first-order valence-corrected chi connectivity index (χ1v) is 5.43. The fraction of sp³-hybridized carbons (Fsp3) is 0.250. The van der Waals surface area contributed by atoms with Crippen LogP contribution in [0.25, 0.3) is 10.1 Å². The van der Waals surface area contributed by atoms with Crippen LogP contribution in [-0.2, 0) is 0 Å². The van der Waals surface area contributed by atoms with E-state index in [1.165, 1.54) is 15.6 Å². The van der Waals surface area contributed by atoms with Crippen molar-refractivity contribution in [3.63, 3.8) is 0 Å². The van der Waals surface area contributed by atoms with E-state index in [-0.39, 0.29) is 0 Å². The molecule has 0 aliphatic heterocycles. The van der Waals surface area contributed by atoms with E-state index < -0.39 is 0 Å². The Hall–Kier alpha value is -1.33. The quantitative estimate of drug-likeness (QED) is 0.644. The number of pyridine rings is 1. The Balaban J connectivity index is 2.83. The Morgan fingerprint density at radius 1 is 1.43 bits per heavy atom. The average Bonchev–Trinajstić information content (AvgIpc) is 2.59. The van der Waals surface area contributed by atoms with Crippen molar-refractivity contribution in [3.05, 3.63) is 28.9 Å². The standard InChI is InChI=1S/C12H11NS/c1-4-9-7-14-11-6-13-5-10(8(2)3)12(9)11/h1,5-8H,2-3H3. The zero-order chi connectivity index (χ0) is 10.1. The minimum Gasteiger partial charge on any atom is -0.263 e. The van der Waals surface area contributed by atoms with Crippen LogP contribution in [0.3, 0.4) is 0 Å². The van der Waals surface area contributed by atoms with E-state index in [9.17, 15) is 0 Å². The second-order valence-corrected chi connectivity index (χ2v) is 4.46. The predicted molar refractivity (Wildman–Crippen MR) is 61.6 cm³/mol. The molecule has 2 heteroatoms. The van der Waals surface area contributed by atoms with Gasteiger partial charge < -0.3 is 0 Å². The zero-order valence-corrected chi connectivity index (χ0v) is 9.06. The summed E-state index contributed by atoms with van der Waals surface area (Å²) in [6.07, 6.45) is 9.26. The first-order valence-electron chi connectivity index (χ1n) is 4.55. The molecular formula is C12H11NS. The molecule has 0 aromatic carbocycles. The molecule has 14 heavy (non-hydrogen) atoms. The van der Waals surface area contributed by atoms with Gasteiger partial charge in [0, 0.05) is 28.7 Å². The minimum absolute atomic E-state index is 0.466. The Morgan fingerprint density at radius 3 is 2.86 bits per heavy atom. The van der Waals surface area contributed by atoms with Crippen LogP contribution in [0.1, 0.15) is 30.9 Å². The molecule has 70 valence electrons. The second kappa shape index (κ2) is 3.43. The van der Waals surface area contributed by atoms with E-state index in [4.69, 9.17) is 6.42 Å². The SMILES string of the molecule is C#Cc1csc2cncc(C(C)C)c12. The molecule has 0 amide bonds. The zero-order valence-electron chi connectivity index (χ0n) is 8.24. The number of hydrogen-bond donors (Lipinski definition) is 0. The van der Waals surface area contributed by atoms with Crippen molar-refractivity contribution in [3.8, 4) is 12.3 Å². The maximum Gasteiger partial charge on any atom is 0.0541 e. The van der Waals surface area contributed by atoms with Crippen molar-refractivity contribution < 1.29 is 0 Å². The fourth-order valence-corrected chi connectivity index (χ4v) is 2.46. The van der Waals surface area contributed by atoms with Crippen LogP contribution in [0, 0.1) is 12.3 Å². The van der Waals surface area contributed by atoms with Crippen LogP contribution in [0.5, 0.6) is 0 Å². The molecular weight excluding hydrogens is 190 g/mol. The maximum absolute atomic E-state index is 5.47. The third-order valence-electron chi connectivity index (χ3n) is 2.29. The summed E-state index contributed by atoms with van der Waals surface area (Å²) in [7, 11) is 0. The van der Waals surface area contributed by atoms with Crippen molar-refractivity contribution in [2.45, 2.75) is 19.8 Å². The molecule has 0 radical (unpaired) electrons. The average molecular weight is 201 g/mol. The number of thiophene rings is 1. The smallest absolute Gasteiger partial charge is 0.0541 e. The van der Waals surface area contributed by atoms with E-state index in [0.717, 1.165) is 5.56 Å². The second-order valence-electron chi connectivity index (χ2n) is 3.55. The van der Waals surface area contributed by atoms with Gasteiger partial charge in [-0.05, 0) is 11.5 Å². The van der Waals surface area contributed by atoms with Gasteiger partial charge in [0.05, 0.1) is 4.70 Å². The number of terminal acetylenes is 1. The lowest BCUT2D eigenvalue weighted by atomic mass is 10.00. The number of fused-ring (bicyclic) bond motifs is 1. The Bertz CT molecular complexity index is 503. The largest absolute Gasteiger partial charge is 0.263 e. The molecule has 0 unspecified atom stereocenters. The molecule has 0 atom stereocenters. The summed E-state index contributed by atoms with van der Waals surface area (Å²) in [4.78, 5) is 4.22. The monoisotopic (exact) mass is 201 g/mol. The van der Waals surface area contributed by atoms with Gasteiger partial charge in [0.15, 0.2) is 0 Å². The van der Waals surface area contributed by atoms with Gasteiger partial charge >= 0.3 is 0 Å². The fourth-order valence-electron chi connectivity index (χ4n) is 1.56. The summed E-state index contributed by atoms with van der Waals surface area (Å²) in [5.74, 6) is 3.19. The minimum atomic E-state index is 0.466. The van der Waals surface area contributed by atoms with Crippen LogP contribution < -0.4 is 0 Å². The Morgan fingerprint density at radius 2 is 2.21 bits per heavy atom. The van der Waals surface area contributed by atoms with Crippen LogP contribution in [0.2, 0.25) is 0 Å². The highest BCUT2D eigenvalue weighted by molar-refractivity contribution is 7.17. The molecule has 2 heterocycles. The summed E-state index contributed by atoms with van der Waals surface area (Å²) in [5, 5.41) is 3.24. The van der Waals surface area contributed by atoms with Gasteiger partial charge in [0.1, 0.15) is 0 Å². The molecule has 0 N–H and O–H groups in total. The van der Waals surface area contributed by atoms with E-state index in [2.05, 4.69) is 24.8 Å². The number of rotatable bonds is 1. The lowest BCUT2D eigenvalue weighted by Gasteiger charge is -2.06. The van der Waals surface area contributed by atoms with E-state index in [1.807, 2.05) is 17.8 Å². The molecule has 2 aromatic rings. The van der Waals surface area contributed by atoms with E-state index in [1.54, 1.807) is 11.3 Å². The van der Waals surface area contributed by atoms with Gasteiger partial charge in [-0.25, -0.2) is 0 Å². The lowest BCUT2D eigenvalue weighted by Crippen LogP contribution is -1.90. The molecule has 1 nitrogen and oxygen atoms in total. The number of nitrogens with zero attached hydrogens (tertiary/aromatic N) is 1. The molecule has 0 aliphatic rings. The third-order valence-corrected chi connectivity index (χ3v) is 3.21. The summed E-state index contributed by atoms with van der Waals surface area (Å²) in [5.41, 5.74) is 2.24. The highest BCUT2D eigenvalue weighted by Gasteiger charge is 2.10. The van der Waals surface area contributed by atoms with Gasteiger partial charge in [-0.2, -0.15) is 0 Å². The van der Waals surface area contributed by atoms with Crippen molar-refractivity contribution in [2.75, 3.05) is 0 Å². The first kappa shape index (κ1) is 9.23. The maximum atomic E-state index is 5.47. The van der Waals surface area contributed by atoms with Crippen molar-refractivity contribution in [1.82, 2.24) is 4.98 Å². The molecule has 0 bridgehead atoms. The van der Waals surface area contributed by atoms with Crippen molar-refractivity contribution in [1.29, 1.82) is 0 Å². The molecule has 0 saturated carbocycles. The molecule has 0 aliphatic carbocycles. The Kier molecular flexibility index (Phi) is 2.26. The van der Waals surface area contributed by atoms with Crippen LogP contribution in [-0.4, -0.2) is 4.98 Å². The van der Waals surface area contributed by atoms with Gasteiger partial charge in [0.2, 0.25) is 0 Å². The van der Waals surface area contributed by atoms with Gasteiger partial charge in [0.25, 0.3) is 0 Å². The van der Waals surface area contributed by atoms with Gasteiger partial charge in [-0.15, -0.1) is 17.8 Å². The van der Waals surface area contributed by atoms with Crippen LogP contribution in [0.4, 0.5) is 0 Å². The lowest BCUT2D eigenvalue weighted by molar-refractivity contribution is 0.869. The van der Waals surface area contributed by atoms with Crippen molar-refractivity contribution in [2.24, 2.45) is 0 Å². The summed E-state index contributed by atoms with van der Waals surface area (Å²) in [6, 6.07) is 0. The third kappa shape index (κ3) is 1.30. The highest BCUT2D eigenvalue weighted by atomic mass is 32.1. The van der Waals surface area contributed by atoms with Crippen LogP contribution in [0.15, 0.2) is 17.8 Å². The van der Waals surface area contributed by atoms with E-state index in [0.29, 0.717) is 5.92 Å². The number of aromatic nitrogens is 1. The number of hydrogen-bond acceptors (Lipinski definition) is 2. The van der Waals surface area contributed by atoms with Crippen molar-refractivity contribution >= 4 is 21.4 Å². The molecule has 0 fully saturated rings. The summed E-state index contributed by atoms with van der Waals surface area (Å²) in [6.45, 7) is 4.32. The predicted octanol–water partition coefficient (Wildman–Crippen LogP) is 3.40. The van der Waals surface area contributed by atoms with Gasteiger partial charge in [-0.3, -0.25) is 4.98 Å². The summed E-state index contributed by atoms with van der Waals surface area (Å²) < 4.78 is 1.18. The summed E-state index contributed by atoms with van der Waals surface area (Å²) >= 11 is 1.67. The molecule has 2 aromatic heterocycles. The molecule has 0 saturated heterocycles. The topological polar surface area (TPSA) is 12.9 Å². The van der Waals surface area contributed by atoms with E-state index >= 15 is 0 Å². The normalized spacial score (nSPS) is 10.7.